The number of nitrogens with zero attached hydrogens (tertiary/aromatic N) is 1. The van der Waals surface area contributed by atoms with Crippen molar-refractivity contribution in [2.45, 2.75) is 64.4 Å². The lowest BCUT2D eigenvalue weighted by atomic mass is 9.88. The van der Waals surface area contributed by atoms with Crippen LogP contribution >= 0.6 is 0 Å². The highest BCUT2D eigenvalue weighted by molar-refractivity contribution is 4.86. The molecule has 0 saturated carbocycles. The Bertz CT molecular complexity index is 284. The topological polar surface area (TPSA) is 35.5 Å². The normalized spacial score (nSPS) is 27.0. The molecule has 0 aromatic heterocycles. The maximum atomic E-state index is 12.3. The van der Waals surface area contributed by atoms with Crippen LogP contribution in [0.25, 0.3) is 0 Å². The minimum atomic E-state index is -4.17. The highest BCUT2D eigenvalue weighted by Crippen LogP contribution is 2.24. The number of halogens is 3. The molecule has 1 heterocycles. The maximum Gasteiger partial charge on any atom is 0.401 e. The van der Waals surface area contributed by atoms with Gasteiger partial charge in [-0.05, 0) is 39.0 Å². The summed E-state index contributed by atoms with van der Waals surface area (Å²) in [5.41, 5.74) is 0. The molecule has 0 radical (unpaired) electrons. The number of alkyl halides is 3. The molecule has 0 aromatic rings. The minimum Gasteiger partial charge on any atom is -0.393 e. The Balaban J connectivity index is 2.56. The number of nitrogens with one attached hydrogen (secondary N) is 1. The van der Waals surface area contributed by atoms with Crippen molar-refractivity contribution in [3.63, 3.8) is 0 Å². The van der Waals surface area contributed by atoms with Gasteiger partial charge in [0.15, 0.2) is 0 Å². The van der Waals surface area contributed by atoms with E-state index in [2.05, 4.69) is 24.1 Å². The maximum absolute atomic E-state index is 12.3. The third-order valence-corrected chi connectivity index (χ3v) is 3.96. The van der Waals surface area contributed by atoms with Crippen molar-refractivity contribution in [3.8, 4) is 0 Å². The molecule has 1 fully saturated rings. The molecule has 20 heavy (non-hydrogen) atoms. The van der Waals surface area contributed by atoms with Gasteiger partial charge in [-0.25, -0.2) is 0 Å². The lowest BCUT2D eigenvalue weighted by molar-refractivity contribution is -0.127. The summed E-state index contributed by atoms with van der Waals surface area (Å²) in [5.74, 6) is 0.256. The van der Waals surface area contributed by atoms with Crippen LogP contribution < -0.4 is 5.32 Å². The standard InChI is InChI=1S/C14H27F3N2O/c1-4-13(20)6-11-5-12(18-9-14(15,16)17)8-19(7-11)10(2)3/h10-13,18,20H,4-9H2,1-3H3. The fourth-order valence-electron chi connectivity index (χ4n) is 2.79. The minimum absolute atomic E-state index is 0.151. The van der Waals surface area contributed by atoms with E-state index < -0.39 is 12.7 Å². The lowest BCUT2D eigenvalue weighted by Gasteiger charge is -2.41. The second-order valence-corrected chi connectivity index (χ2v) is 6.14. The zero-order chi connectivity index (χ0) is 15.3. The third-order valence-electron chi connectivity index (χ3n) is 3.96. The Morgan fingerprint density at radius 3 is 2.45 bits per heavy atom. The Labute approximate surface area is 119 Å². The van der Waals surface area contributed by atoms with E-state index in [4.69, 9.17) is 0 Å². The number of hydrogen-bond acceptors (Lipinski definition) is 3. The van der Waals surface area contributed by atoms with Gasteiger partial charge in [-0.15, -0.1) is 0 Å². The number of rotatable bonds is 6. The van der Waals surface area contributed by atoms with Crippen LogP contribution in [0, 0.1) is 5.92 Å². The highest BCUT2D eigenvalue weighted by Gasteiger charge is 2.33. The molecule has 2 N–H and O–H groups in total. The first-order chi connectivity index (χ1) is 9.21. The summed E-state index contributed by atoms with van der Waals surface area (Å²) in [6, 6.07) is 0.161. The van der Waals surface area contributed by atoms with Crippen molar-refractivity contribution in [1.82, 2.24) is 10.2 Å². The zero-order valence-electron chi connectivity index (χ0n) is 12.6. The molecule has 1 aliphatic heterocycles. The quantitative estimate of drug-likeness (QED) is 0.790. The Morgan fingerprint density at radius 1 is 1.30 bits per heavy atom. The number of hydrogen-bond donors (Lipinski definition) is 2. The van der Waals surface area contributed by atoms with E-state index in [9.17, 15) is 18.3 Å². The molecule has 0 amide bonds. The summed E-state index contributed by atoms with van der Waals surface area (Å²) in [4.78, 5) is 2.20. The van der Waals surface area contributed by atoms with E-state index in [-0.39, 0.29) is 18.1 Å². The molecule has 0 bridgehead atoms. The van der Waals surface area contributed by atoms with Crippen molar-refractivity contribution < 1.29 is 18.3 Å². The van der Waals surface area contributed by atoms with Gasteiger partial charge in [-0.1, -0.05) is 6.92 Å². The summed E-state index contributed by atoms with van der Waals surface area (Å²) < 4.78 is 36.9. The summed E-state index contributed by atoms with van der Waals surface area (Å²) in [7, 11) is 0. The van der Waals surface area contributed by atoms with Gasteiger partial charge in [0.2, 0.25) is 0 Å². The summed E-state index contributed by atoms with van der Waals surface area (Å²) in [5, 5.41) is 12.4. The van der Waals surface area contributed by atoms with Gasteiger partial charge in [0.25, 0.3) is 0 Å². The Kier molecular flexibility index (Phi) is 6.75. The van der Waals surface area contributed by atoms with E-state index >= 15 is 0 Å². The second kappa shape index (κ2) is 7.61. The number of aliphatic hydroxyl groups is 1. The molecule has 1 aliphatic rings. The van der Waals surface area contributed by atoms with Gasteiger partial charge >= 0.3 is 6.18 Å². The predicted octanol–water partition coefficient (Wildman–Crippen LogP) is 2.40. The molecule has 0 aromatic carbocycles. The molecule has 3 nitrogen and oxygen atoms in total. The SMILES string of the molecule is CCC(O)CC1CC(NCC(F)(F)F)CN(C(C)C)C1. The molecule has 6 heteroatoms. The molecule has 0 aliphatic carbocycles. The van der Waals surface area contributed by atoms with Crippen LogP contribution in [0.4, 0.5) is 13.2 Å². The highest BCUT2D eigenvalue weighted by atomic mass is 19.4. The van der Waals surface area contributed by atoms with Crippen molar-refractivity contribution in [2.24, 2.45) is 5.92 Å². The van der Waals surface area contributed by atoms with E-state index in [1.807, 2.05) is 6.92 Å². The average Bonchev–Trinajstić information content (AvgIpc) is 2.35. The summed E-state index contributed by atoms with van der Waals surface area (Å²) >= 11 is 0. The zero-order valence-corrected chi connectivity index (χ0v) is 12.6. The van der Waals surface area contributed by atoms with Gasteiger partial charge in [0, 0.05) is 25.2 Å². The smallest absolute Gasteiger partial charge is 0.393 e. The average molecular weight is 296 g/mol. The van der Waals surface area contributed by atoms with Crippen molar-refractivity contribution >= 4 is 0 Å². The van der Waals surface area contributed by atoms with Crippen molar-refractivity contribution in [1.29, 1.82) is 0 Å². The first-order valence-corrected chi connectivity index (χ1v) is 7.43. The van der Waals surface area contributed by atoms with Crippen LogP contribution in [0.3, 0.4) is 0 Å². The molecule has 1 saturated heterocycles. The second-order valence-electron chi connectivity index (χ2n) is 6.14. The van der Waals surface area contributed by atoms with E-state index in [1.165, 1.54) is 0 Å². The fraction of sp³-hybridized carbons (Fsp3) is 1.00. The van der Waals surface area contributed by atoms with Crippen LogP contribution in [0.1, 0.15) is 40.0 Å². The number of piperidine rings is 1. The van der Waals surface area contributed by atoms with Crippen LogP contribution in [-0.4, -0.2) is 54.0 Å². The van der Waals surface area contributed by atoms with Gasteiger partial charge in [0.05, 0.1) is 12.6 Å². The number of likely N-dealkylation sites (tertiary alicyclic amines) is 1. The van der Waals surface area contributed by atoms with Gasteiger partial charge in [-0.3, -0.25) is 4.90 Å². The van der Waals surface area contributed by atoms with Crippen LogP contribution in [-0.2, 0) is 0 Å². The fourth-order valence-corrected chi connectivity index (χ4v) is 2.79. The molecular weight excluding hydrogens is 269 g/mol. The molecule has 0 spiro atoms. The molecule has 3 atom stereocenters. The van der Waals surface area contributed by atoms with Gasteiger partial charge < -0.3 is 10.4 Å². The van der Waals surface area contributed by atoms with Crippen LogP contribution in [0.5, 0.6) is 0 Å². The van der Waals surface area contributed by atoms with Crippen molar-refractivity contribution in [3.05, 3.63) is 0 Å². The first kappa shape index (κ1) is 17.7. The molecule has 1 rings (SSSR count). The van der Waals surface area contributed by atoms with Gasteiger partial charge in [-0.2, -0.15) is 13.2 Å². The Morgan fingerprint density at radius 2 is 1.95 bits per heavy atom. The molecule has 120 valence electrons. The van der Waals surface area contributed by atoms with Crippen LogP contribution in [0.2, 0.25) is 0 Å². The molecular formula is C14H27F3N2O. The van der Waals surface area contributed by atoms with Crippen molar-refractivity contribution in [2.75, 3.05) is 19.6 Å². The lowest BCUT2D eigenvalue weighted by Crippen LogP contribution is -2.53. The van der Waals surface area contributed by atoms with E-state index in [0.717, 1.165) is 6.54 Å². The van der Waals surface area contributed by atoms with Gasteiger partial charge in [0.1, 0.15) is 0 Å². The molecule has 3 unspecified atom stereocenters. The summed E-state index contributed by atoms with van der Waals surface area (Å²) in [6.45, 7) is 6.60. The van der Waals surface area contributed by atoms with Crippen LogP contribution in [0.15, 0.2) is 0 Å². The predicted molar refractivity (Wildman–Crippen MR) is 73.6 cm³/mol. The van der Waals surface area contributed by atoms with E-state index in [1.54, 1.807) is 0 Å². The Hall–Kier alpha value is -0.330. The third kappa shape index (κ3) is 6.41. The largest absolute Gasteiger partial charge is 0.401 e. The monoisotopic (exact) mass is 296 g/mol. The number of aliphatic hydroxyl groups excluding tert-OH is 1. The first-order valence-electron chi connectivity index (χ1n) is 7.43. The van der Waals surface area contributed by atoms with E-state index in [0.29, 0.717) is 31.8 Å². The summed E-state index contributed by atoms with van der Waals surface area (Å²) in [6.07, 6.45) is -2.45.